The minimum absolute atomic E-state index is 0.691. The number of hydrogen-bond donors (Lipinski definition) is 1. The van der Waals surface area contributed by atoms with Gasteiger partial charge in [0.15, 0.2) is 0 Å². The van der Waals surface area contributed by atoms with Crippen LogP contribution in [0.15, 0.2) is 18.2 Å². The molecule has 1 aromatic rings. The molecule has 0 saturated carbocycles. The van der Waals surface area contributed by atoms with E-state index in [2.05, 4.69) is 37.4 Å². The second-order valence-electron chi connectivity index (χ2n) is 4.06. The molecule has 0 heterocycles. The Morgan fingerprint density at radius 3 is 2.65 bits per heavy atom. The predicted octanol–water partition coefficient (Wildman–Crippen LogP) is 2.31. The number of aryl methyl sites for hydroxylation is 2. The van der Waals surface area contributed by atoms with Crippen LogP contribution in [0.1, 0.15) is 18.1 Å². The highest BCUT2D eigenvalue weighted by Crippen LogP contribution is 2.18. The summed E-state index contributed by atoms with van der Waals surface area (Å²) in [4.78, 5) is 0. The van der Waals surface area contributed by atoms with Crippen LogP contribution >= 0.6 is 0 Å². The fraction of sp³-hybridized carbons (Fsp3) is 0.571. The van der Waals surface area contributed by atoms with Gasteiger partial charge in [-0.3, -0.25) is 0 Å². The van der Waals surface area contributed by atoms with Gasteiger partial charge in [0.1, 0.15) is 12.4 Å². The zero-order valence-corrected chi connectivity index (χ0v) is 11.1. The Kier molecular flexibility index (Phi) is 6.67. The molecule has 0 amide bonds. The van der Waals surface area contributed by atoms with Crippen LogP contribution in [0.2, 0.25) is 0 Å². The first-order valence-corrected chi connectivity index (χ1v) is 6.22. The highest BCUT2D eigenvalue weighted by Gasteiger charge is 1.99. The molecule has 3 heteroatoms. The van der Waals surface area contributed by atoms with Crippen molar-refractivity contribution in [3.8, 4) is 5.75 Å². The molecule has 0 fully saturated rings. The first-order valence-electron chi connectivity index (χ1n) is 6.22. The number of rotatable bonds is 8. The molecule has 0 aliphatic carbocycles. The normalized spacial score (nSPS) is 10.5. The Labute approximate surface area is 104 Å². The summed E-state index contributed by atoms with van der Waals surface area (Å²) in [6, 6.07) is 6.27. The van der Waals surface area contributed by atoms with Crippen molar-refractivity contribution < 1.29 is 9.47 Å². The molecule has 1 aromatic carbocycles. The van der Waals surface area contributed by atoms with Gasteiger partial charge in [-0.25, -0.2) is 0 Å². The zero-order valence-electron chi connectivity index (χ0n) is 11.1. The fourth-order valence-corrected chi connectivity index (χ4v) is 1.51. The molecule has 0 radical (unpaired) electrons. The van der Waals surface area contributed by atoms with E-state index in [0.717, 1.165) is 32.1 Å². The van der Waals surface area contributed by atoms with E-state index in [4.69, 9.17) is 9.47 Å². The Morgan fingerprint density at radius 1 is 1.12 bits per heavy atom. The maximum absolute atomic E-state index is 5.72. The highest BCUT2D eigenvalue weighted by molar-refractivity contribution is 5.35. The number of nitrogens with one attached hydrogen (secondary N) is 1. The van der Waals surface area contributed by atoms with Crippen molar-refractivity contribution >= 4 is 0 Å². The summed E-state index contributed by atoms with van der Waals surface area (Å²) in [5.41, 5.74) is 2.42. The Morgan fingerprint density at radius 2 is 1.88 bits per heavy atom. The molecule has 0 aliphatic heterocycles. The Balaban J connectivity index is 2.15. The molecule has 0 spiro atoms. The van der Waals surface area contributed by atoms with Crippen molar-refractivity contribution in [2.45, 2.75) is 20.8 Å². The lowest BCUT2D eigenvalue weighted by Crippen LogP contribution is -2.25. The summed E-state index contributed by atoms with van der Waals surface area (Å²) in [7, 11) is 0. The van der Waals surface area contributed by atoms with Gasteiger partial charge in [-0.2, -0.15) is 0 Å². The van der Waals surface area contributed by atoms with Crippen molar-refractivity contribution in [3.63, 3.8) is 0 Å². The molecular weight excluding hydrogens is 214 g/mol. The molecule has 0 bridgehead atoms. The van der Waals surface area contributed by atoms with Crippen LogP contribution in [-0.2, 0) is 4.74 Å². The van der Waals surface area contributed by atoms with Crippen LogP contribution < -0.4 is 10.1 Å². The molecule has 0 aliphatic rings. The van der Waals surface area contributed by atoms with Gasteiger partial charge in [0.2, 0.25) is 0 Å². The molecule has 0 saturated heterocycles. The van der Waals surface area contributed by atoms with Crippen molar-refractivity contribution in [2.24, 2.45) is 0 Å². The molecule has 96 valence electrons. The van der Waals surface area contributed by atoms with Crippen LogP contribution in [0.5, 0.6) is 5.75 Å². The third-order valence-electron chi connectivity index (χ3n) is 2.51. The maximum atomic E-state index is 5.72. The summed E-state index contributed by atoms with van der Waals surface area (Å²) < 4.78 is 11.0. The van der Waals surface area contributed by atoms with Crippen molar-refractivity contribution in [2.75, 3.05) is 32.9 Å². The van der Waals surface area contributed by atoms with Gasteiger partial charge in [0.25, 0.3) is 0 Å². The van der Waals surface area contributed by atoms with E-state index >= 15 is 0 Å². The first kappa shape index (κ1) is 14.0. The van der Waals surface area contributed by atoms with Crippen molar-refractivity contribution in [3.05, 3.63) is 29.3 Å². The Bertz CT molecular complexity index is 326. The summed E-state index contributed by atoms with van der Waals surface area (Å²) in [6.45, 7) is 10.1. The molecule has 3 nitrogen and oxygen atoms in total. The van der Waals surface area contributed by atoms with Crippen LogP contribution in [0, 0.1) is 13.8 Å². The number of hydrogen-bond acceptors (Lipinski definition) is 3. The lowest BCUT2D eigenvalue weighted by atomic mass is 10.1. The van der Waals surface area contributed by atoms with E-state index < -0.39 is 0 Å². The van der Waals surface area contributed by atoms with E-state index in [1.807, 2.05) is 6.92 Å². The molecule has 0 unspecified atom stereocenters. The quantitative estimate of drug-likeness (QED) is 0.704. The van der Waals surface area contributed by atoms with Gasteiger partial charge < -0.3 is 14.8 Å². The molecule has 1 rings (SSSR count). The topological polar surface area (TPSA) is 30.5 Å². The molecule has 1 N–H and O–H groups in total. The van der Waals surface area contributed by atoms with E-state index in [-0.39, 0.29) is 0 Å². The second kappa shape index (κ2) is 8.09. The summed E-state index contributed by atoms with van der Waals surface area (Å²) >= 11 is 0. The largest absolute Gasteiger partial charge is 0.492 e. The average molecular weight is 237 g/mol. The Hall–Kier alpha value is -1.06. The van der Waals surface area contributed by atoms with Gasteiger partial charge in [0, 0.05) is 19.7 Å². The molecule has 17 heavy (non-hydrogen) atoms. The maximum Gasteiger partial charge on any atom is 0.122 e. The smallest absolute Gasteiger partial charge is 0.122 e. The lowest BCUT2D eigenvalue weighted by Gasteiger charge is -2.10. The predicted molar refractivity (Wildman–Crippen MR) is 70.8 cm³/mol. The third-order valence-corrected chi connectivity index (χ3v) is 2.51. The van der Waals surface area contributed by atoms with Crippen molar-refractivity contribution in [1.29, 1.82) is 0 Å². The SMILES string of the molecule is CCOCCNCCOc1cc(C)ccc1C. The summed E-state index contributed by atoms with van der Waals surface area (Å²) in [6.07, 6.45) is 0. The first-order chi connectivity index (χ1) is 8.24. The van der Waals surface area contributed by atoms with E-state index in [1.165, 1.54) is 11.1 Å². The zero-order chi connectivity index (χ0) is 12.5. The monoisotopic (exact) mass is 237 g/mol. The molecule has 0 aromatic heterocycles. The van der Waals surface area contributed by atoms with Crippen LogP contribution in [-0.4, -0.2) is 32.9 Å². The highest BCUT2D eigenvalue weighted by atomic mass is 16.5. The summed E-state index contributed by atoms with van der Waals surface area (Å²) in [5.74, 6) is 0.983. The van der Waals surface area contributed by atoms with Gasteiger partial charge >= 0.3 is 0 Å². The minimum atomic E-state index is 0.691. The number of benzene rings is 1. The van der Waals surface area contributed by atoms with Crippen LogP contribution in [0.25, 0.3) is 0 Å². The van der Waals surface area contributed by atoms with Crippen LogP contribution in [0.4, 0.5) is 0 Å². The van der Waals surface area contributed by atoms with E-state index in [9.17, 15) is 0 Å². The van der Waals surface area contributed by atoms with Gasteiger partial charge in [-0.1, -0.05) is 12.1 Å². The van der Waals surface area contributed by atoms with Gasteiger partial charge in [0.05, 0.1) is 6.61 Å². The fourth-order valence-electron chi connectivity index (χ4n) is 1.51. The molecular formula is C14H23NO2. The average Bonchev–Trinajstić information content (AvgIpc) is 2.32. The molecule has 0 atom stereocenters. The van der Waals surface area contributed by atoms with Crippen molar-refractivity contribution in [1.82, 2.24) is 5.32 Å². The second-order valence-corrected chi connectivity index (χ2v) is 4.06. The summed E-state index contributed by atoms with van der Waals surface area (Å²) in [5, 5.41) is 3.27. The number of ether oxygens (including phenoxy) is 2. The minimum Gasteiger partial charge on any atom is -0.492 e. The lowest BCUT2D eigenvalue weighted by molar-refractivity contribution is 0.148. The van der Waals surface area contributed by atoms with Gasteiger partial charge in [-0.05, 0) is 38.0 Å². The third kappa shape index (κ3) is 5.71. The van der Waals surface area contributed by atoms with Gasteiger partial charge in [-0.15, -0.1) is 0 Å². The van der Waals surface area contributed by atoms with Crippen LogP contribution in [0.3, 0.4) is 0 Å². The standard InChI is InChI=1S/C14H23NO2/c1-4-16-9-7-15-8-10-17-14-11-12(2)5-6-13(14)3/h5-6,11,15H,4,7-10H2,1-3H3. The van der Waals surface area contributed by atoms with E-state index in [1.54, 1.807) is 0 Å². The van der Waals surface area contributed by atoms with E-state index in [0.29, 0.717) is 6.61 Å².